The molecule has 1 heterocycles. The first-order valence-corrected chi connectivity index (χ1v) is 11.3. The van der Waals surface area contributed by atoms with Crippen LogP contribution in [0.25, 0.3) is 0 Å². The molecule has 3 rings (SSSR count). The van der Waals surface area contributed by atoms with Crippen LogP contribution < -0.4 is 9.64 Å². The molecule has 8 nitrogen and oxygen atoms in total. The summed E-state index contributed by atoms with van der Waals surface area (Å²) < 4.78 is 15.6. The Morgan fingerprint density at radius 3 is 2.29 bits per heavy atom. The van der Waals surface area contributed by atoms with Gasteiger partial charge in [0.2, 0.25) is 11.7 Å². The van der Waals surface area contributed by atoms with Gasteiger partial charge >= 0.3 is 11.9 Å². The minimum atomic E-state index is -0.983. The van der Waals surface area contributed by atoms with E-state index < -0.39 is 24.0 Å². The summed E-state index contributed by atoms with van der Waals surface area (Å²) >= 11 is 0. The zero-order valence-electron chi connectivity index (χ0n) is 19.6. The first kappa shape index (κ1) is 25.0. The van der Waals surface area contributed by atoms with Crippen molar-refractivity contribution in [1.82, 2.24) is 0 Å². The molecule has 1 saturated heterocycles. The normalized spacial score (nSPS) is 16.1. The number of ketones is 1. The second-order valence-corrected chi connectivity index (χ2v) is 8.11. The van der Waals surface area contributed by atoms with Crippen LogP contribution in [0, 0.1) is 5.92 Å². The molecule has 0 unspecified atom stereocenters. The summed E-state index contributed by atoms with van der Waals surface area (Å²) in [5.74, 6) is -1.64. The zero-order chi connectivity index (χ0) is 24.7. The van der Waals surface area contributed by atoms with Gasteiger partial charge in [0.25, 0.3) is 0 Å². The topological polar surface area (TPSA) is 99.2 Å². The average Bonchev–Trinajstić information content (AvgIpc) is 3.25. The summed E-state index contributed by atoms with van der Waals surface area (Å²) in [4.78, 5) is 51.3. The minimum Gasteiger partial charge on any atom is -0.497 e. The molecule has 2 aromatic rings. The third-order valence-corrected chi connectivity index (χ3v) is 5.64. The standard InChI is InChI=1S/C26H29NO7/c1-4-5-14-33-25(30)19-6-10-21(11-7-19)27-16-20(15-23(27)28)26(31)34-17(2)24(29)18-8-12-22(32-3)13-9-18/h6-13,17,20H,4-5,14-16H2,1-3H3/t17-,20+/m0/s1. The number of carbonyl (C=O) groups excluding carboxylic acids is 4. The summed E-state index contributed by atoms with van der Waals surface area (Å²) in [5.41, 5.74) is 1.37. The molecule has 34 heavy (non-hydrogen) atoms. The van der Waals surface area contributed by atoms with E-state index >= 15 is 0 Å². The summed E-state index contributed by atoms with van der Waals surface area (Å²) in [6, 6.07) is 13.0. The van der Waals surface area contributed by atoms with E-state index in [1.165, 1.54) is 18.9 Å². The van der Waals surface area contributed by atoms with Crippen LogP contribution in [0.4, 0.5) is 5.69 Å². The Morgan fingerprint density at radius 2 is 1.68 bits per heavy atom. The number of esters is 2. The Hall–Kier alpha value is -3.68. The maximum Gasteiger partial charge on any atom is 0.338 e. The number of anilines is 1. The Kier molecular flexibility index (Phi) is 8.40. The SMILES string of the molecule is CCCCOC(=O)c1ccc(N2C[C@H](C(=O)O[C@@H](C)C(=O)c3ccc(OC)cc3)CC2=O)cc1. The average molecular weight is 468 g/mol. The number of amides is 1. The third kappa shape index (κ3) is 6.01. The van der Waals surface area contributed by atoms with E-state index in [1.807, 2.05) is 6.92 Å². The highest BCUT2D eigenvalue weighted by molar-refractivity contribution is 6.02. The summed E-state index contributed by atoms with van der Waals surface area (Å²) in [7, 11) is 1.53. The first-order chi connectivity index (χ1) is 16.3. The molecule has 0 saturated carbocycles. The van der Waals surface area contributed by atoms with Gasteiger partial charge in [-0.05, 0) is 61.9 Å². The molecule has 2 atom stereocenters. The maximum absolute atomic E-state index is 12.6. The Morgan fingerprint density at radius 1 is 1.03 bits per heavy atom. The highest BCUT2D eigenvalue weighted by atomic mass is 16.5. The minimum absolute atomic E-state index is 0.0108. The predicted molar refractivity (Wildman–Crippen MR) is 125 cm³/mol. The number of hydrogen-bond acceptors (Lipinski definition) is 7. The Bertz CT molecular complexity index is 1030. The second-order valence-electron chi connectivity index (χ2n) is 8.11. The monoisotopic (exact) mass is 467 g/mol. The van der Waals surface area contributed by atoms with Crippen molar-refractivity contribution >= 4 is 29.3 Å². The number of methoxy groups -OCH3 is 1. The van der Waals surface area contributed by atoms with E-state index in [4.69, 9.17) is 14.2 Å². The molecular formula is C26H29NO7. The highest BCUT2D eigenvalue weighted by Crippen LogP contribution is 2.27. The van der Waals surface area contributed by atoms with Gasteiger partial charge in [-0.3, -0.25) is 14.4 Å². The summed E-state index contributed by atoms with van der Waals surface area (Å²) in [6.07, 6.45) is 0.737. The fourth-order valence-corrected chi connectivity index (χ4v) is 3.60. The molecule has 1 aliphatic rings. The fraction of sp³-hybridized carbons (Fsp3) is 0.385. The van der Waals surface area contributed by atoms with Crippen LogP contribution in [-0.2, 0) is 19.1 Å². The largest absolute Gasteiger partial charge is 0.497 e. The zero-order valence-corrected chi connectivity index (χ0v) is 19.6. The lowest BCUT2D eigenvalue weighted by Gasteiger charge is -2.18. The van der Waals surface area contributed by atoms with Crippen LogP contribution in [0.15, 0.2) is 48.5 Å². The van der Waals surface area contributed by atoms with Crippen LogP contribution in [0.1, 0.15) is 53.8 Å². The number of nitrogens with zero attached hydrogens (tertiary/aromatic N) is 1. The first-order valence-electron chi connectivity index (χ1n) is 11.3. The lowest BCUT2D eigenvalue weighted by Crippen LogP contribution is -2.30. The van der Waals surface area contributed by atoms with Gasteiger partial charge in [0.05, 0.1) is 25.2 Å². The molecule has 0 aromatic heterocycles. The van der Waals surface area contributed by atoms with Crippen LogP contribution in [0.5, 0.6) is 5.75 Å². The number of hydrogen-bond donors (Lipinski definition) is 0. The molecule has 180 valence electrons. The van der Waals surface area contributed by atoms with Gasteiger partial charge in [0.15, 0.2) is 6.10 Å². The van der Waals surface area contributed by atoms with Crippen molar-refractivity contribution in [3.63, 3.8) is 0 Å². The lowest BCUT2D eigenvalue weighted by molar-refractivity contribution is -0.151. The van der Waals surface area contributed by atoms with Crippen molar-refractivity contribution in [2.75, 3.05) is 25.2 Å². The van der Waals surface area contributed by atoms with E-state index in [1.54, 1.807) is 48.5 Å². The summed E-state index contributed by atoms with van der Waals surface area (Å²) in [5, 5.41) is 0. The molecule has 1 aliphatic heterocycles. The molecule has 0 spiro atoms. The molecule has 2 aromatic carbocycles. The third-order valence-electron chi connectivity index (χ3n) is 5.64. The van der Waals surface area contributed by atoms with Gasteiger partial charge < -0.3 is 19.1 Å². The van der Waals surface area contributed by atoms with E-state index in [0.29, 0.717) is 29.2 Å². The van der Waals surface area contributed by atoms with Crippen LogP contribution in [0.3, 0.4) is 0 Å². The van der Waals surface area contributed by atoms with Crippen molar-refractivity contribution in [2.45, 2.75) is 39.2 Å². The molecule has 8 heteroatoms. The summed E-state index contributed by atoms with van der Waals surface area (Å²) in [6.45, 7) is 4.03. The number of unbranched alkanes of at least 4 members (excludes halogenated alkanes) is 1. The number of ether oxygens (including phenoxy) is 3. The van der Waals surface area contributed by atoms with Crippen molar-refractivity contribution in [1.29, 1.82) is 0 Å². The molecule has 0 radical (unpaired) electrons. The molecule has 1 fully saturated rings. The Balaban J connectivity index is 1.57. The van der Waals surface area contributed by atoms with E-state index in [2.05, 4.69) is 0 Å². The second kappa shape index (κ2) is 11.4. The Labute approximate surface area is 198 Å². The molecule has 0 bridgehead atoms. The van der Waals surface area contributed by atoms with Gasteiger partial charge in [0.1, 0.15) is 5.75 Å². The fourth-order valence-electron chi connectivity index (χ4n) is 3.60. The van der Waals surface area contributed by atoms with E-state index in [0.717, 1.165) is 12.8 Å². The molecule has 0 aliphatic carbocycles. The number of rotatable bonds is 10. The van der Waals surface area contributed by atoms with Crippen molar-refractivity contribution < 1.29 is 33.4 Å². The van der Waals surface area contributed by atoms with Crippen molar-refractivity contribution in [3.05, 3.63) is 59.7 Å². The smallest absolute Gasteiger partial charge is 0.338 e. The van der Waals surface area contributed by atoms with Crippen LogP contribution >= 0.6 is 0 Å². The van der Waals surface area contributed by atoms with Gasteiger partial charge in [0, 0.05) is 24.2 Å². The molecule has 0 N–H and O–H groups in total. The highest BCUT2D eigenvalue weighted by Gasteiger charge is 2.37. The lowest BCUT2D eigenvalue weighted by atomic mass is 10.1. The number of carbonyl (C=O) groups is 4. The van der Waals surface area contributed by atoms with E-state index in [9.17, 15) is 19.2 Å². The van der Waals surface area contributed by atoms with Crippen molar-refractivity contribution in [3.8, 4) is 5.75 Å². The van der Waals surface area contributed by atoms with Crippen LogP contribution in [0.2, 0.25) is 0 Å². The quantitative estimate of drug-likeness (QED) is 0.298. The maximum atomic E-state index is 12.6. The predicted octanol–water partition coefficient (Wildman–Crippen LogP) is 3.82. The molecule has 1 amide bonds. The number of benzene rings is 2. The van der Waals surface area contributed by atoms with E-state index in [-0.39, 0.29) is 24.7 Å². The van der Waals surface area contributed by atoms with Gasteiger partial charge in [-0.2, -0.15) is 0 Å². The molecular weight excluding hydrogens is 438 g/mol. The van der Waals surface area contributed by atoms with Gasteiger partial charge in [-0.1, -0.05) is 13.3 Å². The van der Waals surface area contributed by atoms with Gasteiger partial charge in [-0.25, -0.2) is 4.79 Å². The van der Waals surface area contributed by atoms with Crippen molar-refractivity contribution in [2.24, 2.45) is 5.92 Å². The number of Topliss-reactive ketones (excluding diaryl/α,β-unsaturated/α-hetero) is 1. The van der Waals surface area contributed by atoms with Crippen LogP contribution in [-0.4, -0.2) is 50.0 Å². The van der Waals surface area contributed by atoms with Gasteiger partial charge in [-0.15, -0.1) is 0 Å².